The molecule has 0 saturated heterocycles. The third kappa shape index (κ3) is 3.34. The summed E-state index contributed by atoms with van der Waals surface area (Å²) in [5.41, 5.74) is 2.51. The highest BCUT2D eigenvalue weighted by Crippen LogP contribution is 2.25. The Balaban J connectivity index is 2.03. The number of aromatic hydroxyl groups is 2. The van der Waals surface area contributed by atoms with Gasteiger partial charge in [-0.25, -0.2) is 4.68 Å². The average Bonchev–Trinajstić information content (AvgIpc) is 2.99. The average molecular weight is 360 g/mol. The molecule has 3 aromatic rings. The van der Waals surface area contributed by atoms with E-state index in [1.807, 2.05) is 29.6 Å². The van der Waals surface area contributed by atoms with E-state index in [1.54, 1.807) is 24.0 Å². The van der Waals surface area contributed by atoms with Gasteiger partial charge in [-0.3, -0.25) is 4.99 Å². The summed E-state index contributed by atoms with van der Waals surface area (Å²) < 4.78 is 1.72. The zero-order valence-electron chi connectivity index (χ0n) is 12.7. The fraction of sp³-hybridized carbons (Fsp3) is 0.0588. The van der Waals surface area contributed by atoms with Crippen LogP contribution in [-0.2, 0) is 0 Å². The second-order valence-corrected chi connectivity index (χ2v) is 6.21. The molecular formula is C17H14ClN3O2S. The highest BCUT2D eigenvalue weighted by Gasteiger charge is 2.07. The Kier molecular flexibility index (Phi) is 4.69. The fourth-order valence-corrected chi connectivity index (χ4v) is 3.06. The van der Waals surface area contributed by atoms with Crippen LogP contribution in [0.3, 0.4) is 0 Å². The summed E-state index contributed by atoms with van der Waals surface area (Å²) >= 11 is 7.42. The maximum atomic E-state index is 9.57. The zero-order valence-corrected chi connectivity index (χ0v) is 14.3. The minimum Gasteiger partial charge on any atom is -0.504 e. The molecule has 0 unspecified atom stereocenters. The lowest BCUT2D eigenvalue weighted by molar-refractivity contribution is 0.403. The van der Waals surface area contributed by atoms with E-state index >= 15 is 0 Å². The summed E-state index contributed by atoms with van der Waals surface area (Å²) in [6, 6.07) is 12.0. The quantitative estimate of drug-likeness (QED) is 0.553. The van der Waals surface area contributed by atoms with Gasteiger partial charge >= 0.3 is 0 Å². The van der Waals surface area contributed by atoms with Gasteiger partial charge in [-0.05, 0) is 35.9 Å². The van der Waals surface area contributed by atoms with Crippen LogP contribution in [0.25, 0.3) is 11.3 Å². The molecule has 0 fully saturated rings. The van der Waals surface area contributed by atoms with Crippen molar-refractivity contribution in [1.29, 1.82) is 0 Å². The summed E-state index contributed by atoms with van der Waals surface area (Å²) in [5.74, 6) is -0.353. The van der Waals surface area contributed by atoms with E-state index in [0.29, 0.717) is 10.6 Å². The number of phenolic OH excluding ortho intramolecular Hbond substituents is 2. The Morgan fingerprint density at radius 3 is 2.50 bits per heavy atom. The van der Waals surface area contributed by atoms with Crippen LogP contribution in [0.15, 0.2) is 57.9 Å². The molecule has 24 heavy (non-hydrogen) atoms. The molecule has 0 aliphatic heterocycles. The van der Waals surface area contributed by atoms with E-state index in [2.05, 4.69) is 10.1 Å². The molecule has 7 heteroatoms. The van der Waals surface area contributed by atoms with Crippen molar-refractivity contribution in [1.82, 2.24) is 4.68 Å². The van der Waals surface area contributed by atoms with Gasteiger partial charge in [0.25, 0.3) is 0 Å². The van der Waals surface area contributed by atoms with E-state index < -0.39 is 0 Å². The van der Waals surface area contributed by atoms with E-state index in [1.165, 1.54) is 23.5 Å². The van der Waals surface area contributed by atoms with Crippen molar-refractivity contribution >= 4 is 29.2 Å². The van der Waals surface area contributed by atoms with Gasteiger partial charge in [0.05, 0.1) is 11.9 Å². The number of hydrogen-bond acceptors (Lipinski definition) is 5. The zero-order chi connectivity index (χ0) is 17.1. The van der Waals surface area contributed by atoms with Gasteiger partial charge in [-0.15, -0.1) is 11.3 Å². The lowest BCUT2D eigenvalue weighted by Crippen LogP contribution is -2.11. The summed E-state index contributed by atoms with van der Waals surface area (Å²) in [4.78, 5) is 4.97. The van der Waals surface area contributed by atoms with Crippen molar-refractivity contribution < 1.29 is 10.2 Å². The van der Waals surface area contributed by atoms with Gasteiger partial charge < -0.3 is 10.2 Å². The van der Waals surface area contributed by atoms with Crippen LogP contribution >= 0.6 is 22.9 Å². The van der Waals surface area contributed by atoms with Crippen molar-refractivity contribution in [3.63, 3.8) is 0 Å². The molecule has 0 amide bonds. The molecule has 0 spiro atoms. The Morgan fingerprint density at radius 1 is 1.08 bits per heavy atom. The number of thiazole rings is 1. The van der Waals surface area contributed by atoms with Crippen LogP contribution in [0.5, 0.6) is 11.5 Å². The van der Waals surface area contributed by atoms with Gasteiger partial charge in [0, 0.05) is 23.0 Å². The van der Waals surface area contributed by atoms with Crippen molar-refractivity contribution in [2.75, 3.05) is 7.05 Å². The van der Waals surface area contributed by atoms with E-state index in [4.69, 9.17) is 11.6 Å². The molecule has 0 aliphatic rings. The number of rotatable bonds is 3. The van der Waals surface area contributed by atoms with Crippen molar-refractivity contribution in [3.8, 4) is 22.8 Å². The number of benzene rings is 2. The van der Waals surface area contributed by atoms with Crippen LogP contribution in [0.1, 0.15) is 5.56 Å². The molecular weight excluding hydrogens is 346 g/mol. The molecule has 0 aliphatic carbocycles. The Bertz CT molecular complexity index is 959. The maximum absolute atomic E-state index is 9.57. The van der Waals surface area contributed by atoms with Crippen molar-refractivity contribution in [3.05, 3.63) is 63.2 Å². The molecule has 0 saturated carbocycles. The summed E-state index contributed by atoms with van der Waals surface area (Å²) in [6.45, 7) is 0. The number of hydrogen-bond donors (Lipinski definition) is 2. The Morgan fingerprint density at radius 2 is 1.83 bits per heavy atom. The van der Waals surface area contributed by atoms with Gasteiger partial charge in [-0.1, -0.05) is 23.7 Å². The summed E-state index contributed by atoms with van der Waals surface area (Å²) in [5, 5.41) is 26.0. The van der Waals surface area contributed by atoms with Crippen LogP contribution < -0.4 is 4.80 Å². The largest absolute Gasteiger partial charge is 0.504 e. The van der Waals surface area contributed by atoms with E-state index in [0.717, 1.165) is 16.1 Å². The molecule has 1 aromatic heterocycles. The first-order valence-electron chi connectivity index (χ1n) is 7.04. The normalized spacial score (nSPS) is 12.2. The number of phenols is 2. The topological polar surface area (TPSA) is 70.1 Å². The first kappa shape index (κ1) is 16.3. The van der Waals surface area contributed by atoms with Crippen LogP contribution in [0.4, 0.5) is 0 Å². The van der Waals surface area contributed by atoms with E-state index in [-0.39, 0.29) is 11.5 Å². The van der Waals surface area contributed by atoms with Crippen LogP contribution in [-0.4, -0.2) is 28.2 Å². The number of nitrogens with zero attached hydrogens (tertiary/aromatic N) is 3. The predicted octanol–water partition coefficient (Wildman–Crippen LogP) is 3.69. The molecule has 0 atom stereocenters. The highest BCUT2D eigenvalue weighted by atomic mass is 35.5. The molecule has 2 N–H and O–H groups in total. The Labute approximate surface area is 147 Å². The first-order chi connectivity index (χ1) is 11.6. The fourth-order valence-electron chi connectivity index (χ4n) is 2.13. The number of aromatic nitrogens is 1. The van der Waals surface area contributed by atoms with Crippen LogP contribution in [0, 0.1) is 0 Å². The second kappa shape index (κ2) is 6.90. The lowest BCUT2D eigenvalue weighted by Gasteiger charge is -2.04. The lowest BCUT2D eigenvalue weighted by atomic mass is 10.2. The first-order valence-corrected chi connectivity index (χ1v) is 8.30. The molecule has 5 nitrogen and oxygen atoms in total. The predicted molar refractivity (Wildman–Crippen MR) is 97.0 cm³/mol. The SMILES string of the molecule is CN=c1scc(-c2ccc(Cl)cc2)n1/N=C/c1ccc(O)c(O)c1. The minimum absolute atomic E-state index is 0.165. The smallest absolute Gasteiger partial charge is 0.205 e. The highest BCUT2D eigenvalue weighted by molar-refractivity contribution is 7.07. The number of halogens is 1. The second-order valence-electron chi connectivity index (χ2n) is 4.94. The minimum atomic E-state index is -0.187. The maximum Gasteiger partial charge on any atom is 0.205 e. The third-order valence-electron chi connectivity index (χ3n) is 3.34. The molecule has 1 heterocycles. The molecule has 0 radical (unpaired) electrons. The van der Waals surface area contributed by atoms with Crippen molar-refractivity contribution in [2.24, 2.45) is 10.1 Å². The Hall–Kier alpha value is -2.57. The van der Waals surface area contributed by atoms with Gasteiger partial charge in [0.1, 0.15) is 0 Å². The molecule has 2 aromatic carbocycles. The third-order valence-corrected chi connectivity index (χ3v) is 4.50. The van der Waals surface area contributed by atoms with E-state index in [9.17, 15) is 10.2 Å². The monoisotopic (exact) mass is 359 g/mol. The molecule has 0 bridgehead atoms. The molecule has 3 rings (SSSR count). The van der Waals surface area contributed by atoms with Crippen LogP contribution in [0.2, 0.25) is 5.02 Å². The standard InChI is InChI=1S/C17H14ClN3O2S/c1-19-17-21(20-9-11-2-7-15(22)16(23)8-11)14(10-24-17)12-3-5-13(18)6-4-12/h2-10,22-23H,1H3/b19-17?,20-9+. The van der Waals surface area contributed by atoms with Gasteiger partial charge in [0.15, 0.2) is 11.5 Å². The van der Waals surface area contributed by atoms with Crippen molar-refractivity contribution in [2.45, 2.75) is 0 Å². The summed E-state index contributed by atoms with van der Waals surface area (Å²) in [6.07, 6.45) is 1.60. The summed E-state index contributed by atoms with van der Waals surface area (Å²) in [7, 11) is 1.70. The van der Waals surface area contributed by atoms with Gasteiger partial charge in [-0.2, -0.15) is 5.10 Å². The molecule has 122 valence electrons. The van der Waals surface area contributed by atoms with Gasteiger partial charge in [0.2, 0.25) is 4.80 Å².